The zero-order valence-corrected chi connectivity index (χ0v) is 18.1. The molecular weight excluding hydrogens is 419 g/mol. The fraction of sp³-hybridized carbons (Fsp3) is 0.250. The highest BCUT2D eigenvalue weighted by molar-refractivity contribution is 5.63. The molecule has 8 nitrogen and oxygen atoms in total. The summed E-state index contributed by atoms with van der Waals surface area (Å²) in [5.41, 5.74) is 10.5. The van der Waals surface area contributed by atoms with E-state index < -0.39 is 0 Å². The SMILES string of the molecule is CC1=CC=CN(c2ccc(Nc3nc(N)n(-c4ncc5c(n4)C4CCC5C4)n3)cc2F)C=C1. The largest absolute Gasteiger partial charge is 0.368 e. The lowest BCUT2D eigenvalue weighted by Gasteiger charge is -2.16. The van der Waals surface area contributed by atoms with Gasteiger partial charge in [-0.1, -0.05) is 6.08 Å². The van der Waals surface area contributed by atoms with Gasteiger partial charge in [0.1, 0.15) is 5.82 Å². The van der Waals surface area contributed by atoms with Crippen molar-refractivity contribution >= 4 is 23.3 Å². The minimum absolute atomic E-state index is 0.167. The Morgan fingerprint density at radius 1 is 1.15 bits per heavy atom. The van der Waals surface area contributed by atoms with E-state index >= 15 is 0 Å². The summed E-state index contributed by atoms with van der Waals surface area (Å²) in [5, 5.41) is 7.43. The van der Waals surface area contributed by atoms with Crippen LogP contribution in [-0.4, -0.2) is 24.7 Å². The van der Waals surface area contributed by atoms with Crippen LogP contribution in [0.3, 0.4) is 0 Å². The summed E-state index contributed by atoms with van der Waals surface area (Å²) in [6.45, 7) is 1.99. The fourth-order valence-corrected chi connectivity index (χ4v) is 4.85. The van der Waals surface area contributed by atoms with Gasteiger partial charge in [-0.2, -0.15) is 9.67 Å². The number of anilines is 4. The lowest BCUT2D eigenvalue weighted by molar-refractivity contribution is 0.629. The molecule has 2 bridgehead atoms. The standard InChI is InChI=1S/C24H23FN8/c1-14-3-2-9-32(10-8-14)20-7-6-17(12-19(20)25)28-23-30-22(26)33(31-23)24-27-13-18-15-4-5-16(11-15)21(18)29-24/h2-3,6-10,12-13,15-16H,4-5,11H2,1H3,(H3,26,28,30,31). The predicted molar refractivity (Wildman–Crippen MR) is 125 cm³/mol. The Balaban J connectivity index is 1.23. The molecule has 0 amide bonds. The number of rotatable bonds is 4. The van der Waals surface area contributed by atoms with Crippen LogP contribution in [0.15, 0.2) is 60.6 Å². The van der Waals surface area contributed by atoms with Crippen LogP contribution in [0.2, 0.25) is 0 Å². The molecule has 1 fully saturated rings. The second-order valence-electron chi connectivity index (χ2n) is 8.69. The topological polar surface area (TPSA) is 97.8 Å². The van der Waals surface area contributed by atoms with Crippen LogP contribution < -0.4 is 16.0 Å². The van der Waals surface area contributed by atoms with Crippen molar-refractivity contribution in [3.05, 3.63) is 77.7 Å². The molecule has 0 spiro atoms. The molecule has 2 unspecified atom stereocenters. The maximum absolute atomic E-state index is 14.9. The Kier molecular flexibility index (Phi) is 4.49. The van der Waals surface area contributed by atoms with Gasteiger partial charge in [0.05, 0.1) is 11.4 Å². The van der Waals surface area contributed by atoms with E-state index in [1.165, 1.54) is 29.2 Å². The van der Waals surface area contributed by atoms with Gasteiger partial charge < -0.3 is 16.0 Å². The van der Waals surface area contributed by atoms with Crippen LogP contribution in [0.25, 0.3) is 5.95 Å². The number of nitrogens with two attached hydrogens (primary N) is 1. The Bertz CT molecular complexity index is 1340. The number of nitrogen functional groups attached to an aromatic ring is 1. The fourth-order valence-electron chi connectivity index (χ4n) is 4.85. The molecule has 6 rings (SSSR count). The third kappa shape index (κ3) is 3.45. The van der Waals surface area contributed by atoms with Gasteiger partial charge in [-0.25, -0.2) is 14.4 Å². The quantitative estimate of drug-likeness (QED) is 0.605. The lowest BCUT2D eigenvalue weighted by Crippen LogP contribution is -2.11. The van der Waals surface area contributed by atoms with Crippen molar-refractivity contribution in [2.45, 2.75) is 38.0 Å². The van der Waals surface area contributed by atoms with Crippen LogP contribution in [0.5, 0.6) is 0 Å². The third-order valence-electron chi connectivity index (χ3n) is 6.50. The smallest absolute Gasteiger partial charge is 0.254 e. The monoisotopic (exact) mass is 442 g/mol. The molecule has 3 aromatic rings. The van der Waals surface area contributed by atoms with Crippen LogP contribution in [0, 0.1) is 5.82 Å². The highest BCUT2D eigenvalue weighted by Crippen LogP contribution is 2.51. The Hall–Kier alpha value is -4.01. The van der Waals surface area contributed by atoms with Crippen LogP contribution in [-0.2, 0) is 0 Å². The Morgan fingerprint density at radius 3 is 2.91 bits per heavy atom. The molecule has 2 atom stereocenters. The number of aromatic nitrogens is 5. The van der Waals surface area contributed by atoms with Crippen molar-refractivity contribution in [2.24, 2.45) is 0 Å². The second-order valence-corrected chi connectivity index (χ2v) is 8.69. The van der Waals surface area contributed by atoms with Gasteiger partial charge in [0, 0.05) is 30.2 Å². The first-order valence-electron chi connectivity index (χ1n) is 11.0. The first kappa shape index (κ1) is 19.7. The molecule has 1 aliphatic heterocycles. The molecule has 0 radical (unpaired) electrons. The van der Waals surface area contributed by atoms with E-state index in [0.29, 0.717) is 29.2 Å². The molecule has 33 heavy (non-hydrogen) atoms. The number of nitrogens with zero attached hydrogens (tertiary/aromatic N) is 6. The average molecular weight is 443 g/mol. The number of fused-ring (bicyclic) bond motifs is 5. The summed E-state index contributed by atoms with van der Waals surface area (Å²) in [5.74, 6) is 1.54. The molecule has 3 heterocycles. The molecule has 2 aromatic heterocycles. The minimum atomic E-state index is -0.377. The summed E-state index contributed by atoms with van der Waals surface area (Å²) in [4.78, 5) is 15.2. The number of allylic oxidation sites excluding steroid dienone is 4. The van der Waals surface area contributed by atoms with E-state index in [2.05, 4.69) is 20.4 Å². The van der Waals surface area contributed by atoms with E-state index in [1.54, 1.807) is 17.0 Å². The van der Waals surface area contributed by atoms with Gasteiger partial charge in [-0.05, 0) is 73.6 Å². The molecular formula is C24H23FN8. The number of nitrogens with one attached hydrogen (secondary N) is 1. The van der Waals surface area contributed by atoms with Crippen molar-refractivity contribution in [3.8, 4) is 5.95 Å². The van der Waals surface area contributed by atoms with Gasteiger partial charge >= 0.3 is 0 Å². The molecule has 2 aliphatic carbocycles. The number of hydrogen-bond donors (Lipinski definition) is 2. The molecule has 1 aromatic carbocycles. The van der Waals surface area contributed by atoms with Crippen molar-refractivity contribution in [1.29, 1.82) is 0 Å². The first-order chi connectivity index (χ1) is 16.0. The second kappa shape index (κ2) is 7.54. The maximum atomic E-state index is 14.9. The van der Waals surface area contributed by atoms with Gasteiger partial charge in [0.25, 0.3) is 5.95 Å². The molecule has 3 N–H and O–H groups in total. The van der Waals surface area contributed by atoms with Crippen LogP contribution in [0.1, 0.15) is 49.3 Å². The molecule has 166 valence electrons. The Labute approximate surface area is 190 Å². The lowest BCUT2D eigenvalue weighted by atomic mass is 9.98. The summed E-state index contributed by atoms with van der Waals surface area (Å²) in [6.07, 6.45) is 14.9. The van der Waals surface area contributed by atoms with Gasteiger partial charge in [-0.15, -0.1) is 5.10 Å². The number of halogens is 1. The molecule has 9 heteroatoms. The van der Waals surface area contributed by atoms with Crippen molar-refractivity contribution < 1.29 is 4.39 Å². The summed E-state index contributed by atoms with van der Waals surface area (Å²) < 4.78 is 16.3. The van der Waals surface area contributed by atoms with Crippen molar-refractivity contribution in [1.82, 2.24) is 24.7 Å². The van der Waals surface area contributed by atoms with Crippen LogP contribution >= 0.6 is 0 Å². The third-order valence-corrected chi connectivity index (χ3v) is 6.50. The molecule has 1 saturated carbocycles. The van der Waals surface area contributed by atoms with Gasteiger partial charge in [0.15, 0.2) is 0 Å². The molecule has 0 saturated heterocycles. The van der Waals surface area contributed by atoms with Gasteiger partial charge in [0.2, 0.25) is 11.9 Å². The highest BCUT2D eigenvalue weighted by atomic mass is 19.1. The summed E-state index contributed by atoms with van der Waals surface area (Å²) in [7, 11) is 0. The average Bonchev–Trinajstić information content (AvgIpc) is 3.47. The first-order valence-corrected chi connectivity index (χ1v) is 11.0. The number of hydrogen-bond acceptors (Lipinski definition) is 7. The van der Waals surface area contributed by atoms with E-state index in [1.807, 2.05) is 43.7 Å². The van der Waals surface area contributed by atoms with Gasteiger partial charge in [-0.3, -0.25) is 0 Å². The van der Waals surface area contributed by atoms with Crippen molar-refractivity contribution in [3.63, 3.8) is 0 Å². The highest BCUT2D eigenvalue weighted by Gasteiger charge is 2.38. The number of benzene rings is 1. The summed E-state index contributed by atoms with van der Waals surface area (Å²) >= 11 is 0. The Morgan fingerprint density at radius 2 is 2.03 bits per heavy atom. The minimum Gasteiger partial charge on any atom is -0.368 e. The zero-order valence-electron chi connectivity index (χ0n) is 18.1. The normalized spacial score (nSPS) is 20.7. The molecule has 3 aliphatic rings. The van der Waals surface area contributed by atoms with E-state index in [0.717, 1.165) is 17.7 Å². The van der Waals surface area contributed by atoms with E-state index in [-0.39, 0.29) is 17.7 Å². The predicted octanol–water partition coefficient (Wildman–Crippen LogP) is 4.68. The van der Waals surface area contributed by atoms with E-state index in [4.69, 9.17) is 10.7 Å². The maximum Gasteiger partial charge on any atom is 0.254 e. The van der Waals surface area contributed by atoms with Crippen molar-refractivity contribution in [2.75, 3.05) is 16.0 Å². The van der Waals surface area contributed by atoms with Crippen LogP contribution in [0.4, 0.5) is 27.7 Å². The zero-order chi connectivity index (χ0) is 22.5. The summed E-state index contributed by atoms with van der Waals surface area (Å²) in [6, 6.07) is 4.87. The van der Waals surface area contributed by atoms with E-state index in [9.17, 15) is 4.39 Å².